The summed E-state index contributed by atoms with van der Waals surface area (Å²) in [5.41, 5.74) is 0.498. The molecule has 0 amide bonds. The van der Waals surface area contributed by atoms with Crippen LogP contribution in [0.4, 0.5) is 18.9 Å². The molecule has 0 unspecified atom stereocenters. The number of nitrogens with one attached hydrogen (secondary N) is 1. The minimum Gasteiger partial charge on any atom is -0.481 e. The highest BCUT2D eigenvalue weighted by molar-refractivity contribution is 9.10. The monoisotopic (exact) mass is 327 g/mol. The van der Waals surface area contributed by atoms with Crippen molar-refractivity contribution in [2.45, 2.75) is 12.8 Å². The van der Waals surface area contributed by atoms with Crippen molar-refractivity contribution in [2.75, 3.05) is 11.9 Å². The number of ether oxygens (including phenoxy) is 1. The normalized spacial score (nSPS) is 11.1. The zero-order chi connectivity index (χ0) is 13.8. The first-order chi connectivity index (χ1) is 8.28. The van der Waals surface area contributed by atoms with Gasteiger partial charge in [-0.15, -0.1) is 13.2 Å². The number of halogens is 4. The lowest BCUT2D eigenvalue weighted by molar-refractivity contribution is -0.274. The van der Waals surface area contributed by atoms with Crippen LogP contribution in [0.5, 0.6) is 5.75 Å². The Bertz CT molecular complexity index is 437. The van der Waals surface area contributed by atoms with Crippen LogP contribution in [0.1, 0.15) is 6.42 Å². The molecule has 0 heterocycles. The van der Waals surface area contributed by atoms with Gasteiger partial charge < -0.3 is 15.2 Å². The fraction of sp³-hybridized carbons (Fsp3) is 0.300. The Hall–Kier alpha value is -1.44. The van der Waals surface area contributed by atoms with Crippen LogP contribution in [0.25, 0.3) is 0 Å². The molecule has 100 valence electrons. The predicted octanol–water partition coefficient (Wildman–Crippen LogP) is 3.23. The molecule has 0 atom stereocenters. The van der Waals surface area contributed by atoms with Gasteiger partial charge in [0.25, 0.3) is 0 Å². The minimum absolute atomic E-state index is 0.0849. The molecule has 0 aliphatic rings. The maximum atomic E-state index is 12.0. The second-order valence-electron chi connectivity index (χ2n) is 3.26. The van der Waals surface area contributed by atoms with Crippen LogP contribution in [-0.4, -0.2) is 24.0 Å². The zero-order valence-electron chi connectivity index (χ0n) is 8.92. The molecule has 0 aromatic heterocycles. The Morgan fingerprint density at radius 2 is 2.11 bits per heavy atom. The van der Waals surface area contributed by atoms with Gasteiger partial charge in [-0.1, -0.05) is 0 Å². The molecule has 0 radical (unpaired) electrons. The number of carbonyl (C=O) groups is 1. The summed E-state index contributed by atoms with van der Waals surface area (Å²) in [4.78, 5) is 10.3. The molecule has 1 rings (SSSR count). The summed E-state index contributed by atoms with van der Waals surface area (Å²) in [5.74, 6) is -1.31. The third kappa shape index (κ3) is 5.26. The second-order valence-corrected chi connectivity index (χ2v) is 4.12. The molecule has 1 aromatic carbocycles. The summed E-state index contributed by atoms with van der Waals surface area (Å²) >= 11 is 2.94. The predicted molar refractivity (Wildman–Crippen MR) is 61.6 cm³/mol. The van der Waals surface area contributed by atoms with E-state index in [0.29, 0.717) is 5.69 Å². The third-order valence-electron chi connectivity index (χ3n) is 1.83. The summed E-state index contributed by atoms with van der Waals surface area (Å²) in [6.07, 6.45) is -4.83. The van der Waals surface area contributed by atoms with Crippen LogP contribution in [-0.2, 0) is 4.79 Å². The number of hydrogen-bond acceptors (Lipinski definition) is 3. The highest BCUT2D eigenvalue weighted by Gasteiger charge is 2.31. The fourth-order valence-corrected chi connectivity index (χ4v) is 1.59. The molecule has 0 aliphatic carbocycles. The minimum atomic E-state index is -4.75. The SMILES string of the molecule is O=C(O)CCNc1ccc(OC(F)(F)F)c(Br)c1. The highest BCUT2D eigenvalue weighted by Crippen LogP contribution is 2.32. The van der Waals surface area contributed by atoms with Gasteiger partial charge in [0.2, 0.25) is 0 Å². The largest absolute Gasteiger partial charge is 0.573 e. The van der Waals surface area contributed by atoms with Gasteiger partial charge in [0.15, 0.2) is 0 Å². The van der Waals surface area contributed by atoms with Crippen LogP contribution in [0.15, 0.2) is 22.7 Å². The van der Waals surface area contributed by atoms with E-state index in [1.54, 1.807) is 0 Å². The van der Waals surface area contributed by atoms with Crippen molar-refractivity contribution in [1.29, 1.82) is 0 Å². The lowest BCUT2D eigenvalue weighted by atomic mass is 10.3. The first kappa shape index (κ1) is 14.6. The average Bonchev–Trinajstić information content (AvgIpc) is 2.19. The highest BCUT2D eigenvalue weighted by atomic mass is 79.9. The Morgan fingerprint density at radius 1 is 1.44 bits per heavy atom. The van der Waals surface area contributed by atoms with Gasteiger partial charge in [-0.3, -0.25) is 4.79 Å². The molecule has 0 aliphatic heterocycles. The number of alkyl halides is 3. The van der Waals surface area contributed by atoms with E-state index in [0.717, 1.165) is 6.07 Å². The molecule has 8 heteroatoms. The van der Waals surface area contributed by atoms with Gasteiger partial charge in [-0.05, 0) is 34.1 Å². The zero-order valence-corrected chi connectivity index (χ0v) is 10.5. The molecule has 4 nitrogen and oxygen atoms in total. The Labute approximate surface area is 109 Å². The lowest BCUT2D eigenvalue weighted by Gasteiger charge is -2.12. The van der Waals surface area contributed by atoms with Crippen molar-refractivity contribution in [3.05, 3.63) is 22.7 Å². The third-order valence-corrected chi connectivity index (χ3v) is 2.45. The van der Waals surface area contributed by atoms with E-state index in [9.17, 15) is 18.0 Å². The molecule has 2 N–H and O–H groups in total. The molecule has 0 saturated heterocycles. The summed E-state index contributed by atoms with van der Waals surface area (Å²) < 4.78 is 39.9. The molecule has 0 saturated carbocycles. The van der Waals surface area contributed by atoms with Crippen molar-refractivity contribution in [3.63, 3.8) is 0 Å². The van der Waals surface area contributed by atoms with Crippen LogP contribution >= 0.6 is 15.9 Å². The van der Waals surface area contributed by atoms with E-state index in [-0.39, 0.29) is 23.2 Å². The topological polar surface area (TPSA) is 58.6 Å². The van der Waals surface area contributed by atoms with E-state index in [2.05, 4.69) is 26.0 Å². The van der Waals surface area contributed by atoms with Gasteiger partial charge in [0.05, 0.1) is 10.9 Å². The maximum absolute atomic E-state index is 12.0. The van der Waals surface area contributed by atoms with E-state index < -0.39 is 12.3 Å². The maximum Gasteiger partial charge on any atom is 0.573 e. The van der Waals surface area contributed by atoms with E-state index >= 15 is 0 Å². The number of carboxylic acids is 1. The van der Waals surface area contributed by atoms with E-state index in [1.165, 1.54) is 12.1 Å². The smallest absolute Gasteiger partial charge is 0.481 e. The molecular formula is C10H9BrF3NO3. The van der Waals surface area contributed by atoms with Crippen molar-refractivity contribution >= 4 is 27.6 Å². The molecule has 0 fully saturated rings. The first-order valence-corrected chi connectivity index (χ1v) is 5.58. The Kier molecular flexibility index (Phi) is 4.83. The number of hydrogen-bond donors (Lipinski definition) is 2. The van der Waals surface area contributed by atoms with Crippen molar-refractivity contribution in [3.8, 4) is 5.75 Å². The summed E-state index contributed by atoms with van der Waals surface area (Å²) in [6, 6.07) is 3.89. The van der Waals surface area contributed by atoms with Gasteiger partial charge in [0.1, 0.15) is 5.75 Å². The average molecular weight is 328 g/mol. The van der Waals surface area contributed by atoms with Crippen LogP contribution in [0.3, 0.4) is 0 Å². The molecule has 1 aromatic rings. The van der Waals surface area contributed by atoms with E-state index in [4.69, 9.17) is 5.11 Å². The lowest BCUT2D eigenvalue weighted by Crippen LogP contribution is -2.17. The second kappa shape index (κ2) is 5.94. The number of rotatable bonds is 5. The van der Waals surface area contributed by atoms with Crippen molar-refractivity contribution < 1.29 is 27.8 Å². The van der Waals surface area contributed by atoms with Crippen LogP contribution in [0, 0.1) is 0 Å². The Morgan fingerprint density at radius 3 is 2.61 bits per heavy atom. The Balaban J connectivity index is 2.64. The molecular weight excluding hydrogens is 319 g/mol. The number of anilines is 1. The molecule has 0 spiro atoms. The van der Waals surface area contributed by atoms with Gasteiger partial charge in [-0.25, -0.2) is 0 Å². The summed E-state index contributed by atoms with van der Waals surface area (Å²) in [6.45, 7) is 0.182. The molecule has 18 heavy (non-hydrogen) atoms. The first-order valence-electron chi connectivity index (χ1n) is 4.79. The van der Waals surface area contributed by atoms with Crippen molar-refractivity contribution in [1.82, 2.24) is 0 Å². The molecule has 0 bridgehead atoms. The van der Waals surface area contributed by atoms with E-state index in [1.807, 2.05) is 0 Å². The van der Waals surface area contributed by atoms with Crippen molar-refractivity contribution in [2.24, 2.45) is 0 Å². The van der Waals surface area contributed by atoms with Crippen LogP contribution < -0.4 is 10.1 Å². The summed E-state index contributed by atoms with van der Waals surface area (Å²) in [7, 11) is 0. The number of benzene rings is 1. The van der Waals surface area contributed by atoms with Crippen LogP contribution in [0.2, 0.25) is 0 Å². The number of carboxylic acid groups (broad SMARTS) is 1. The van der Waals surface area contributed by atoms with Gasteiger partial charge in [0, 0.05) is 12.2 Å². The summed E-state index contributed by atoms with van der Waals surface area (Å²) in [5, 5.41) is 11.2. The van der Waals surface area contributed by atoms with Gasteiger partial charge in [-0.2, -0.15) is 0 Å². The number of aliphatic carboxylic acids is 1. The van der Waals surface area contributed by atoms with Gasteiger partial charge >= 0.3 is 12.3 Å². The fourth-order valence-electron chi connectivity index (χ4n) is 1.13. The quantitative estimate of drug-likeness (QED) is 0.871. The standard InChI is InChI=1S/C10H9BrF3NO3/c11-7-5-6(15-4-3-9(16)17)1-2-8(7)18-10(12,13)14/h1-2,5,15H,3-4H2,(H,16,17).